The number of hydrogen-bond acceptors (Lipinski definition) is 15. The summed E-state index contributed by atoms with van der Waals surface area (Å²) in [6.07, 6.45) is 0.448. The summed E-state index contributed by atoms with van der Waals surface area (Å²) in [6, 6.07) is 0. The lowest BCUT2D eigenvalue weighted by atomic mass is 10.0. The second kappa shape index (κ2) is 10.1. The number of nitrogens with one attached hydrogen (secondary N) is 1. The van der Waals surface area contributed by atoms with Crippen molar-refractivity contribution >= 4 is 64.4 Å². The van der Waals surface area contributed by atoms with E-state index in [-0.39, 0.29) is 42.2 Å². The fourth-order valence-electron chi connectivity index (χ4n) is 5.46. The molecule has 2 bridgehead atoms. The van der Waals surface area contributed by atoms with Gasteiger partial charge in [0.15, 0.2) is 28.9 Å². The molecule has 3 aliphatic rings. The quantitative estimate of drug-likeness (QED) is 0.156. The van der Waals surface area contributed by atoms with E-state index in [1.54, 1.807) is 4.57 Å². The number of halogens is 1. The van der Waals surface area contributed by atoms with Crippen molar-refractivity contribution in [2.24, 2.45) is 0 Å². The molecular formula is C21H24FN10O7PS2. The number of aliphatic hydroxyl groups is 1. The van der Waals surface area contributed by atoms with E-state index in [4.69, 9.17) is 41.8 Å². The molecule has 3 fully saturated rings. The van der Waals surface area contributed by atoms with Gasteiger partial charge >= 0.3 is 6.72 Å². The number of nitrogens with two attached hydrogens (primary N) is 2. The molecule has 4 aromatic heterocycles. The number of aromatic nitrogens is 8. The zero-order valence-electron chi connectivity index (χ0n) is 21.4. The lowest BCUT2D eigenvalue weighted by molar-refractivity contribution is -0.180. The summed E-state index contributed by atoms with van der Waals surface area (Å²) < 4.78 is 42.3. The van der Waals surface area contributed by atoms with Crippen molar-refractivity contribution in [1.29, 1.82) is 0 Å². The van der Waals surface area contributed by atoms with E-state index in [9.17, 15) is 14.8 Å². The second-order valence-electron chi connectivity index (χ2n) is 10.1. The Bertz CT molecular complexity index is 1790. The summed E-state index contributed by atoms with van der Waals surface area (Å²) >= 11 is 6.30. The van der Waals surface area contributed by atoms with Crippen LogP contribution in [0.3, 0.4) is 0 Å². The number of fused-ring (bicyclic) bond motifs is 4. The topological polar surface area (TPSA) is 237 Å². The first-order chi connectivity index (χ1) is 20.1. The first-order valence-corrected chi connectivity index (χ1v) is 16.1. The third kappa shape index (κ3) is 4.57. The van der Waals surface area contributed by atoms with Crippen molar-refractivity contribution in [3.63, 3.8) is 0 Å². The smallest absolute Gasteiger partial charge is 0.325 e. The average Bonchev–Trinajstić information content (AvgIpc) is 3.76. The van der Waals surface area contributed by atoms with Gasteiger partial charge in [-0.05, 0) is 11.8 Å². The van der Waals surface area contributed by atoms with Crippen LogP contribution in [0.1, 0.15) is 18.0 Å². The van der Waals surface area contributed by atoms with Crippen LogP contribution in [0.25, 0.3) is 22.3 Å². The Labute approximate surface area is 244 Å². The van der Waals surface area contributed by atoms with Crippen LogP contribution < -0.4 is 17.0 Å². The minimum atomic E-state index is -4.09. The summed E-state index contributed by atoms with van der Waals surface area (Å²) in [5.41, 5.74) is 11.0. The third-order valence-electron chi connectivity index (χ3n) is 7.40. The van der Waals surface area contributed by atoms with Crippen molar-refractivity contribution in [2.45, 2.75) is 47.3 Å². The normalized spacial score (nSPS) is 32.3. The summed E-state index contributed by atoms with van der Waals surface area (Å²) in [5.74, 6) is 0.0679. The third-order valence-corrected chi connectivity index (χ3v) is 10.5. The summed E-state index contributed by atoms with van der Waals surface area (Å²) in [6.45, 7) is -4.65. The van der Waals surface area contributed by atoms with Crippen LogP contribution >= 0.6 is 18.5 Å². The number of nitrogens with zero attached hydrogens (tertiary/aromatic N) is 7. The van der Waals surface area contributed by atoms with E-state index in [1.807, 2.05) is 0 Å². The fourth-order valence-corrected chi connectivity index (χ4v) is 8.39. The Hall–Kier alpha value is -2.81. The Kier molecular flexibility index (Phi) is 6.75. The van der Waals surface area contributed by atoms with E-state index < -0.39 is 53.6 Å². The lowest BCUT2D eigenvalue weighted by Gasteiger charge is -2.32. The molecule has 42 heavy (non-hydrogen) atoms. The van der Waals surface area contributed by atoms with Crippen LogP contribution in [-0.2, 0) is 30.3 Å². The van der Waals surface area contributed by atoms with E-state index in [0.717, 1.165) is 11.8 Å². The molecule has 7 rings (SSSR count). The van der Waals surface area contributed by atoms with Crippen LogP contribution in [0.4, 0.5) is 16.2 Å². The molecule has 3 aliphatic heterocycles. The van der Waals surface area contributed by atoms with Crippen LogP contribution in [-0.4, -0.2) is 98.1 Å². The van der Waals surface area contributed by atoms with Gasteiger partial charge in [-0.25, -0.2) is 24.3 Å². The molecule has 4 aromatic rings. The zero-order valence-corrected chi connectivity index (χ0v) is 23.9. The standard InChI is InChI=1S/C21H24FN10O7PS2/c22-10-9(2-33)42-19(32-7-28-12-16(32)29-20(24)30-17(12)34)13(10)39-40(35,41)37-4-21-1-8(36-3-21)18(38-21)31-6-27-11-14(23)25-5-26-15(11)31/h5-10,13,18-19,33H,1-4H2,(H,35,41)(H2,23,25,26)(H3,24,29,30,34)/t8-,9-,10+,13-,18-,19-,21-,40?/m1/s1. The second-order valence-corrected chi connectivity index (χ2v) is 14.3. The number of ether oxygens (including phenoxy) is 2. The molecular weight excluding hydrogens is 618 g/mol. The molecule has 0 radical (unpaired) electrons. The molecule has 0 aliphatic carbocycles. The molecule has 3 saturated heterocycles. The van der Waals surface area contributed by atoms with Gasteiger partial charge in [0.2, 0.25) is 5.95 Å². The Morgan fingerprint density at radius 3 is 2.83 bits per heavy atom. The lowest BCUT2D eigenvalue weighted by Crippen LogP contribution is -2.39. The molecule has 17 nitrogen and oxygen atoms in total. The van der Waals surface area contributed by atoms with Crippen LogP contribution in [0, 0.1) is 0 Å². The Balaban J connectivity index is 1.09. The van der Waals surface area contributed by atoms with Gasteiger partial charge in [0.25, 0.3) is 5.56 Å². The number of alkyl halides is 1. The number of aliphatic hydroxyl groups excluding tert-OH is 1. The van der Waals surface area contributed by atoms with Gasteiger partial charge in [0.1, 0.15) is 41.2 Å². The average molecular weight is 643 g/mol. The number of anilines is 2. The molecule has 0 spiro atoms. The van der Waals surface area contributed by atoms with Crippen molar-refractivity contribution in [3.8, 4) is 0 Å². The first-order valence-electron chi connectivity index (χ1n) is 12.6. The van der Waals surface area contributed by atoms with Gasteiger partial charge in [0, 0.05) is 6.42 Å². The number of H-pyrrole nitrogens is 1. The van der Waals surface area contributed by atoms with Crippen LogP contribution in [0.15, 0.2) is 23.8 Å². The van der Waals surface area contributed by atoms with Gasteiger partial charge in [-0.1, -0.05) is 0 Å². The van der Waals surface area contributed by atoms with Crippen molar-refractivity contribution in [1.82, 2.24) is 39.0 Å². The number of thioether (sulfide) groups is 1. The minimum Gasteiger partial charge on any atom is -0.395 e. The molecule has 7 N–H and O–H groups in total. The molecule has 0 aromatic carbocycles. The molecule has 0 amide bonds. The summed E-state index contributed by atoms with van der Waals surface area (Å²) in [7, 11) is 0. The molecule has 8 atom stereocenters. The van der Waals surface area contributed by atoms with Crippen LogP contribution in [0.5, 0.6) is 0 Å². The largest absolute Gasteiger partial charge is 0.395 e. The number of imidazole rings is 2. The molecule has 0 saturated carbocycles. The maximum absolute atomic E-state index is 15.5. The predicted molar refractivity (Wildman–Crippen MR) is 149 cm³/mol. The van der Waals surface area contributed by atoms with Gasteiger partial charge in [0.05, 0.1) is 37.7 Å². The van der Waals surface area contributed by atoms with Gasteiger partial charge in [-0.3, -0.25) is 23.4 Å². The maximum Gasteiger partial charge on any atom is 0.325 e. The number of rotatable bonds is 8. The highest BCUT2D eigenvalue weighted by atomic mass is 32.5. The molecule has 21 heteroatoms. The summed E-state index contributed by atoms with van der Waals surface area (Å²) in [4.78, 5) is 46.3. The number of nitrogen functional groups attached to an aromatic ring is 2. The fraction of sp³-hybridized carbons (Fsp3) is 0.524. The highest BCUT2D eigenvalue weighted by Crippen LogP contribution is 2.56. The Morgan fingerprint density at radius 2 is 2.02 bits per heavy atom. The Morgan fingerprint density at radius 1 is 1.24 bits per heavy atom. The van der Waals surface area contributed by atoms with Crippen molar-refractivity contribution < 1.29 is 32.9 Å². The highest BCUT2D eigenvalue weighted by molar-refractivity contribution is 8.07. The highest BCUT2D eigenvalue weighted by Gasteiger charge is 2.56. The first kappa shape index (κ1) is 28.0. The monoisotopic (exact) mass is 642 g/mol. The van der Waals surface area contributed by atoms with E-state index in [2.05, 4.69) is 29.9 Å². The molecule has 7 heterocycles. The SMILES string of the molecule is Nc1nc2c(ncn2[C@@H]2S[C@H](CO)[C@H](F)[C@H]2OP(O)(=S)OC[C@]23CO[C@H](C2)[C@H](n2cnc4c(N)ncnc42)O3)c(=O)[nH]1. The van der Waals surface area contributed by atoms with Crippen LogP contribution in [0.2, 0.25) is 0 Å². The van der Waals surface area contributed by atoms with E-state index in [1.165, 1.54) is 23.5 Å². The van der Waals surface area contributed by atoms with Gasteiger partial charge in [-0.15, -0.1) is 11.8 Å². The van der Waals surface area contributed by atoms with Gasteiger partial charge in [-0.2, -0.15) is 4.98 Å². The molecule has 1 unspecified atom stereocenters. The maximum atomic E-state index is 15.5. The van der Waals surface area contributed by atoms with E-state index in [0.29, 0.717) is 17.6 Å². The van der Waals surface area contributed by atoms with Gasteiger partial charge < -0.3 is 35.5 Å². The summed E-state index contributed by atoms with van der Waals surface area (Å²) in [5, 5.41) is 7.94. The zero-order chi connectivity index (χ0) is 29.4. The van der Waals surface area contributed by atoms with Crippen molar-refractivity contribution in [3.05, 3.63) is 29.3 Å². The molecule has 224 valence electrons. The minimum absolute atomic E-state index is 0.0197. The van der Waals surface area contributed by atoms with Crippen molar-refractivity contribution in [2.75, 3.05) is 31.3 Å². The number of aromatic amines is 1. The number of hydrogen-bond donors (Lipinski definition) is 5. The predicted octanol–water partition coefficient (Wildman–Crippen LogP) is -0.257. The van der Waals surface area contributed by atoms with E-state index >= 15 is 4.39 Å².